The van der Waals surface area contributed by atoms with Crippen LogP contribution >= 0.6 is 23.7 Å². The van der Waals surface area contributed by atoms with E-state index in [2.05, 4.69) is 15.6 Å². The smallest absolute Gasteiger partial charge is 0.229 e. The minimum atomic E-state index is -0.850. The van der Waals surface area contributed by atoms with Crippen molar-refractivity contribution < 1.29 is 13.6 Å². The van der Waals surface area contributed by atoms with Crippen LogP contribution in [0.15, 0.2) is 24.4 Å². The minimum Gasteiger partial charge on any atom is -0.317 e. The number of thiazole rings is 1. The van der Waals surface area contributed by atoms with Crippen molar-refractivity contribution in [2.45, 2.75) is 25.7 Å². The van der Waals surface area contributed by atoms with Gasteiger partial charge in [-0.2, -0.15) is 0 Å². The van der Waals surface area contributed by atoms with Crippen LogP contribution in [0.5, 0.6) is 0 Å². The van der Waals surface area contributed by atoms with E-state index in [9.17, 15) is 13.6 Å². The molecule has 1 saturated heterocycles. The average molecular weight is 400 g/mol. The van der Waals surface area contributed by atoms with Crippen LogP contribution in [0, 0.1) is 23.0 Å². The number of amides is 1. The second kappa shape index (κ2) is 7.58. The molecule has 4 nitrogen and oxygen atoms in total. The zero-order chi connectivity index (χ0) is 17.4. The van der Waals surface area contributed by atoms with Crippen LogP contribution in [-0.2, 0) is 11.2 Å². The van der Waals surface area contributed by atoms with Gasteiger partial charge in [-0.25, -0.2) is 13.8 Å². The van der Waals surface area contributed by atoms with Gasteiger partial charge in [0.05, 0.1) is 0 Å². The van der Waals surface area contributed by atoms with Crippen molar-refractivity contribution in [3.05, 3.63) is 46.5 Å². The highest BCUT2D eigenvalue weighted by molar-refractivity contribution is 7.15. The molecule has 0 radical (unpaired) electrons. The molecule has 4 rings (SSSR count). The van der Waals surface area contributed by atoms with Crippen molar-refractivity contribution in [1.29, 1.82) is 0 Å². The second-order valence-corrected chi connectivity index (χ2v) is 8.03. The number of nitrogens with zero attached hydrogens (tertiary/aromatic N) is 1. The highest BCUT2D eigenvalue weighted by atomic mass is 35.5. The Labute approximate surface area is 160 Å². The maximum absolute atomic E-state index is 13.3. The monoisotopic (exact) mass is 399 g/mol. The van der Waals surface area contributed by atoms with E-state index < -0.39 is 11.6 Å². The summed E-state index contributed by atoms with van der Waals surface area (Å²) in [5.41, 5.74) is 0.873. The fraction of sp³-hybridized carbons (Fsp3) is 0.444. The number of aromatic nitrogens is 1. The van der Waals surface area contributed by atoms with Crippen molar-refractivity contribution >= 4 is 34.8 Å². The Balaban J connectivity index is 0.00000196. The first-order valence-electron chi connectivity index (χ1n) is 8.46. The second-order valence-electron chi connectivity index (χ2n) is 6.92. The zero-order valence-electron chi connectivity index (χ0n) is 14.1. The van der Waals surface area contributed by atoms with Crippen LogP contribution in [-0.4, -0.2) is 24.0 Å². The highest BCUT2D eigenvalue weighted by Gasteiger charge is 2.57. The van der Waals surface area contributed by atoms with E-state index in [-0.39, 0.29) is 29.6 Å². The molecule has 1 aromatic heterocycles. The van der Waals surface area contributed by atoms with Gasteiger partial charge in [-0.3, -0.25) is 4.79 Å². The molecule has 2 heterocycles. The third kappa shape index (κ3) is 3.89. The predicted molar refractivity (Wildman–Crippen MR) is 99.8 cm³/mol. The number of hydrogen-bond donors (Lipinski definition) is 2. The van der Waals surface area contributed by atoms with Crippen molar-refractivity contribution in [2.75, 3.05) is 18.4 Å². The van der Waals surface area contributed by atoms with Crippen LogP contribution in [0.2, 0.25) is 0 Å². The van der Waals surface area contributed by atoms with E-state index in [1.807, 2.05) is 0 Å². The minimum absolute atomic E-state index is 0. The van der Waals surface area contributed by atoms with Gasteiger partial charge < -0.3 is 10.6 Å². The fourth-order valence-corrected chi connectivity index (χ4v) is 4.54. The van der Waals surface area contributed by atoms with E-state index in [0.29, 0.717) is 17.1 Å². The lowest BCUT2D eigenvalue weighted by molar-refractivity contribution is -0.118. The van der Waals surface area contributed by atoms with Crippen LogP contribution < -0.4 is 10.6 Å². The first-order valence-corrected chi connectivity index (χ1v) is 9.28. The Morgan fingerprint density at radius 3 is 2.81 bits per heavy atom. The van der Waals surface area contributed by atoms with E-state index in [1.165, 1.54) is 17.4 Å². The zero-order valence-corrected chi connectivity index (χ0v) is 15.7. The van der Waals surface area contributed by atoms with Crippen LogP contribution in [0.4, 0.5) is 13.9 Å². The van der Waals surface area contributed by atoms with E-state index in [4.69, 9.17) is 0 Å². The number of rotatable bonds is 4. The molecule has 1 aliphatic carbocycles. The molecule has 2 N–H and O–H groups in total. The molecule has 8 heteroatoms. The fourth-order valence-electron chi connectivity index (χ4n) is 3.69. The topological polar surface area (TPSA) is 54.0 Å². The molecule has 1 aromatic carbocycles. The summed E-state index contributed by atoms with van der Waals surface area (Å²) in [5.74, 6) is -1.56. The van der Waals surface area contributed by atoms with E-state index >= 15 is 0 Å². The molecule has 26 heavy (non-hydrogen) atoms. The number of benzene rings is 1. The van der Waals surface area contributed by atoms with Crippen LogP contribution in [0.25, 0.3) is 0 Å². The maximum atomic E-state index is 13.3. The Morgan fingerprint density at radius 1 is 1.31 bits per heavy atom. The molecular weight excluding hydrogens is 380 g/mol. The molecule has 1 atom stereocenters. The predicted octanol–water partition coefficient (Wildman–Crippen LogP) is 3.76. The number of piperidine rings is 1. The Hall–Kier alpha value is -1.57. The normalized spacial score (nSPS) is 20.5. The molecule has 0 bridgehead atoms. The third-order valence-electron chi connectivity index (χ3n) is 5.25. The van der Waals surface area contributed by atoms with Crippen molar-refractivity contribution in [3.8, 4) is 0 Å². The SMILES string of the molecule is Cl.O=C(Nc1ncc(Cc2ccc(F)c(F)c2)s1)C1CC12CCNCC2. The molecular formula is C18H20ClF2N3OS. The molecule has 2 aromatic rings. The Morgan fingerprint density at radius 2 is 2.08 bits per heavy atom. The number of anilines is 1. The molecule has 140 valence electrons. The molecule has 1 saturated carbocycles. The van der Waals surface area contributed by atoms with Gasteiger partial charge >= 0.3 is 0 Å². The summed E-state index contributed by atoms with van der Waals surface area (Å²) >= 11 is 1.37. The van der Waals surface area contributed by atoms with Gasteiger partial charge in [-0.1, -0.05) is 6.07 Å². The highest BCUT2D eigenvalue weighted by Crippen LogP contribution is 2.58. The van der Waals surface area contributed by atoms with Gasteiger partial charge in [0.25, 0.3) is 0 Å². The summed E-state index contributed by atoms with van der Waals surface area (Å²) in [6, 6.07) is 3.87. The largest absolute Gasteiger partial charge is 0.317 e. The van der Waals surface area contributed by atoms with Gasteiger partial charge in [-0.05, 0) is 55.5 Å². The molecule has 2 aliphatic rings. The lowest BCUT2D eigenvalue weighted by atomic mass is 9.92. The molecule has 1 unspecified atom stereocenters. The van der Waals surface area contributed by atoms with E-state index in [0.717, 1.165) is 43.3 Å². The number of carbonyl (C=O) groups excluding carboxylic acids is 1. The number of carbonyl (C=O) groups is 1. The number of hydrogen-bond acceptors (Lipinski definition) is 4. The van der Waals surface area contributed by atoms with E-state index in [1.54, 1.807) is 12.3 Å². The summed E-state index contributed by atoms with van der Waals surface area (Å²) in [6.07, 6.45) is 5.22. The van der Waals surface area contributed by atoms with Gasteiger partial charge in [-0.15, -0.1) is 23.7 Å². The van der Waals surface area contributed by atoms with Crippen LogP contribution in [0.1, 0.15) is 29.7 Å². The maximum Gasteiger partial charge on any atom is 0.229 e. The summed E-state index contributed by atoms with van der Waals surface area (Å²) in [5, 5.41) is 6.82. The molecule has 1 amide bonds. The molecule has 1 aliphatic heterocycles. The first kappa shape index (κ1) is 19.2. The number of halogens is 3. The van der Waals surface area contributed by atoms with Gasteiger partial charge in [0.2, 0.25) is 5.91 Å². The standard InChI is InChI=1S/C18H19F2N3OS.ClH/c19-14-2-1-11(8-15(14)20)7-12-10-22-17(25-12)23-16(24)13-9-18(13)3-5-21-6-4-18;/h1-2,8,10,13,21H,3-7,9H2,(H,22,23,24);1H. The van der Waals surface area contributed by atoms with Crippen molar-refractivity contribution in [1.82, 2.24) is 10.3 Å². The van der Waals surface area contributed by atoms with Gasteiger partial charge in [0.1, 0.15) is 0 Å². The number of nitrogens with one attached hydrogen (secondary N) is 2. The third-order valence-corrected chi connectivity index (χ3v) is 6.16. The van der Waals surface area contributed by atoms with Crippen molar-refractivity contribution in [3.63, 3.8) is 0 Å². The lowest BCUT2D eigenvalue weighted by Crippen LogP contribution is -2.31. The average Bonchev–Trinajstić information content (AvgIpc) is 3.10. The summed E-state index contributed by atoms with van der Waals surface area (Å²) in [4.78, 5) is 17.6. The molecule has 2 fully saturated rings. The van der Waals surface area contributed by atoms with Crippen molar-refractivity contribution in [2.24, 2.45) is 11.3 Å². The van der Waals surface area contributed by atoms with Crippen LogP contribution in [0.3, 0.4) is 0 Å². The summed E-state index contributed by atoms with van der Waals surface area (Å²) < 4.78 is 26.3. The first-order chi connectivity index (χ1) is 12.1. The molecule has 1 spiro atoms. The summed E-state index contributed by atoms with van der Waals surface area (Å²) in [6.45, 7) is 1.97. The van der Waals surface area contributed by atoms with Gasteiger partial charge in [0.15, 0.2) is 16.8 Å². The Kier molecular flexibility index (Phi) is 5.60. The van der Waals surface area contributed by atoms with Gasteiger partial charge in [0, 0.05) is 23.4 Å². The lowest BCUT2D eigenvalue weighted by Gasteiger charge is -2.22. The quantitative estimate of drug-likeness (QED) is 0.823. The summed E-state index contributed by atoms with van der Waals surface area (Å²) in [7, 11) is 0. The Bertz CT molecular complexity index is 807.